The Labute approximate surface area is 266 Å². The molecule has 1 aliphatic rings. The first-order chi connectivity index (χ1) is 20.7. The number of rotatable bonds is 9. The molecular formula is C28H19Cl3F6N2O5S. The second-order valence-corrected chi connectivity index (χ2v) is 14.2. The molecule has 2 amide bonds. The molecule has 4 rings (SSSR count). The van der Waals surface area contributed by atoms with Crippen molar-refractivity contribution in [3.63, 3.8) is 0 Å². The Morgan fingerprint density at radius 1 is 0.933 bits per heavy atom. The van der Waals surface area contributed by atoms with Crippen LogP contribution in [0.25, 0.3) is 0 Å². The van der Waals surface area contributed by atoms with E-state index >= 15 is 4.39 Å². The standard InChI is InChI=1S/C28H19Cl3F6N2O5S/c1-45(43,44)11-14(40)10-16-19(32)6-7-21(24(16)34)39-25(41)15-9-13(3-4-18(15)29)38-26(42)23-22(27(23,30)31)12-2-5-20(33)17(8-12)28(35,36)37/h2-9,22-23H,10-11H2,1H3,(H,38,42)(H,39,41). The maximum atomic E-state index is 15.1. The SMILES string of the molecule is CS(=O)(=O)CC(=O)Cc1c(F)ccc(NC(=O)c2cc(NC(=O)C3C(c4ccc(F)c(C(F)(F)F)c4)C3(Cl)Cl)ccc2Cl)c1F. The summed E-state index contributed by atoms with van der Waals surface area (Å²) in [6.07, 6.45) is -5.14. The van der Waals surface area contributed by atoms with Gasteiger partial charge in [-0.15, -0.1) is 23.2 Å². The van der Waals surface area contributed by atoms with Gasteiger partial charge in [0.1, 0.15) is 21.7 Å². The molecule has 2 N–H and O–H groups in total. The summed E-state index contributed by atoms with van der Waals surface area (Å²) in [5.41, 5.74) is -3.40. The monoisotopic (exact) mass is 714 g/mol. The number of amides is 2. The molecule has 1 saturated carbocycles. The lowest BCUT2D eigenvalue weighted by atomic mass is 10.0. The third kappa shape index (κ3) is 7.74. The second-order valence-electron chi connectivity index (χ2n) is 10.2. The maximum absolute atomic E-state index is 15.1. The Morgan fingerprint density at radius 3 is 2.20 bits per heavy atom. The Hall–Kier alpha value is -3.33. The Morgan fingerprint density at radius 2 is 1.58 bits per heavy atom. The predicted molar refractivity (Wildman–Crippen MR) is 155 cm³/mol. The van der Waals surface area contributed by atoms with Crippen molar-refractivity contribution in [2.45, 2.75) is 22.8 Å². The van der Waals surface area contributed by atoms with E-state index in [-0.39, 0.29) is 21.8 Å². The minimum atomic E-state index is -5.01. The molecule has 2 unspecified atom stereocenters. The highest BCUT2D eigenvalue weighted by molar-refractivity contribution is 7.91. The summed E-state index contributed by atoms with van der Waals surface area (Å²) in [5.74, 6) is -10.3. The summed E-state index contributed by atoms with van der Waals surface area (Å²) in [4.78, 5) is 38.0. The Bertz CT molecular complexity index is 1840. The quantitative estimate of drug-likeness (QED) is 0.189. The summed E-state index contributed by atoms with van der Waals surface area (Å²) in [6, 6.07) is 7.27. The largest absolute Gasteiger partial charge is 0.419 e. The summed E-state index contributed by atoms with van der Waals surface area (Å²) in [7, 11) is -3.76. The van der Waals surface area contributed by atoms with Crippen molar-refractivity contribution >= 4 is 73.6 Å². The van der Waals surface area contributed by atoms with Gasteiger partial charge in [0.2, 0.25) is 5.91 Å². The van der Waals surface area contributed by atoms with E-state index in [9.17, 15) is 44.8 Å². The first-order valence-electron chi connectivity index (χ1n) is 12.5. The van der Waals surface area contributed by atoms with Crippen LogP contribution in [0.15, 0.2) is 48.5 Å². The van der Waals surface area contributed by atoms with Crippen molar-refractivity contribution in [2.24, 2.45) is 5.92 Å². The number of hydrogen-bond acceptors (Lipinski definition) is 5. The zero-order valence-corrected chi connectivity index (χ0v) is 25.6. The van der Waals surface area contributed by atoms with Crippen LogP contribution in [0.4, 0.5) is 37.7 Å². The van der Waals surface area contributed by atoms with E-state index in [0.717, 1.165) is 30.5 Å². The number of carbonyl (C=O) groups excluding carboxylic acids is 3. The van der Waals surface area contributed by atoms with E-state index < -0.39 is 96.2 Å². The van der Waals surface area contributed by atoms with Gasteiger partial charge in [-0.2, -0.15) is 13.2 Å². The second kappa shape index (κ2) is 12.5. The molecule has 0 aliphatic heterocycles. The van der Waals surface area contributed by atoms with Gasteiger partial charge in [0, 0.05) is 29.8 Å². The van der Waals surface area contributed by atoms with Crippen molar-refractivity contribution in [2.75, 3.05) is 22.6 Å². The molecule has 0 spiro atoms. The van der Waals surface area contributed by atoms with Gasteiger partial charge < -0.3 is 10.6 Å². The van der Waals surface area contributed by atoms with Crippen LogP contribution < -0.4 is 10.6 Å². The zero-order valence-electron chi connectivity index (χ0n) is 22.5. The molecule has 0 heterocycles. The topological polar surface area (TPSA) is 109 Å². The van der Waals surface area contributed by atoms with Gasteiger partial charge in [-0.25, -0.2) is 21.6 Å². The molecule has 45 heavy (non-hydrogen) atoms. The number of hydrogen-bond donors (Lipinski definition) is 2. The lowest BCUT2D eigenvalue weighted by molar-refractivity contribution is -0.140. The van der Waals surface area contributed by atoms with Crippen LogP contribution in [-0.4, -0.2) is 42.4 Å². The molecule has 0 bridgehead atoms. The fourth-order valence-electron chi connectivity index (χ4n) is 4.60. The minimum absolute atomic E-state index is 0.0499. The van der Waals surface area contributed by atoms with E-state index in [1.54, 1.807) is 0 Å². The lowest BCUT2D eigenvalue weighted by Crippen LogP contribution is -2.20. The molecule has 3 aromatic carbocycles. The predicted octanol–water partition coefficient (Wildman–Crippen LogP) is 6.71. The third-order valence-corrected chi connectivity index (χ3v) is 8.82. The highest BCUT2D eigenvalue weighted by Gasteiger charge is 2.67. The molecule has 17 heteroatoms. The normalized spacial score (nSPS) is 17.5. The van der Waals surface area contributed by atoms with Crippen molar-refractivity contribution < 1.29 is 49.1 Å². The number of anilines is 2. The minimum Gasteiger partial charge on any atom is -0.326 e. The molecule has 1 fully saturated rings. The van der Waals surface area contributed by atoms with E-state index in [1.807, 2.05) is 0 Å². The van der Waals surface area contributed by atoms with E-state index in [1.165, 1.54) is 12.1 Å². The van der Waals surface area contributed by atoms with E-state index in [2.05, 4.69) is 10.6 Å². The zero-order chi connectivity index (χ0) is 33.6. The average molecular weight is 716 g/mol. The van der Waals surface area contributed by atoms with Gasteiger partial charge in [0.15, 0.2) is 21.4 Å². The van der Waals surface area contributed by atoms with Gasteiger partial charge in [-0.05, 0) is 48.0 Å². The molecule has 7 nitrogen and oxygen atoms in total. The highest BCUT2D eigenvalue weighted by Crippen LogP contribution is 2.65. The van der Waals surface area contributed by atoms with Gasteiger partial charge in [-0.1, -0.05) is 17.7 Å². The number of alkyl halides is 5. The molecule has 0 aromatic heterocycles. The van der Waals surface area contributed by atoms with E-state index in [4.69, 9.17) is 34.8 Å². The molecule has 1 aliphatic carbocycles. The van der Waals surface area contributed by atoms with Crippen molar-refractivity contribution in [3.8, 4) is 0 Å². The highest BCUT2D eigenvalue weighted by atomic mass is 35.5. The van der Waals surface area contributed by atoms with E-state index in [0.29, 0.717) is 12.1 Å². The number of halogens is 9. The Kier molecular flexibility index (Phi) is 9.56. The van der Waals surface area contributed by atoms with Gasteiger partial charge in [0.25, 0.3) is 5.91 Å². The first-order valence-corrected chi connectivity index (χ1v) is 15.7. The third-order valence-electron chi connectivity index (χ3n) is 6.70. The van der Waals surface area contributed by atoms with Crippen LogP contribution in [0.1, 0.15) is 33.0 Å². The van der Waals surface area contributed by atoms with Crippen molar-refractivity contribution in [3.05, 3.63) is 93.3 Å². The fraction of sp³-hybridized carbons (Fsp3) is 0.250. The summed E-state index contributed by atoms with van der Waals surface area (Å²) in [5, 5.41) is 4.41. The molecule has 3 aromatic rings. The Balaban J connectivity index is 1.52. The van der Waals surface area contributed by atoms with Crippen molar-refractivity contribution in [1.82, 2.24) is 0 Å². The van der Waals surface area contributed by atoms with Gasteiger partial charge in [0.05, 0.1) is 27.8 Å². The fourth-order valence-corrected chi connectivity index (χ4v) is 6.32. The van der Waals surface area contributed by atoms with Crippen LogP contribution in [0.2, 0.25) is 5.02 Å². The maximum Gasteiger partial charge on any atom is 0.419 e. The number of carbonyl (C=O) groups is 3. The number of ketones is 1. The molecule has 2 atom stereocenters. The molecular weight excluding hydrogens is 697 g/mol. The first kappa shape index (κ1) is 34.5. The van der Waals surface area contributed by atoms with Crippen molar-refractivity contribution in [1.29, 1.82) is 0 Å². The average Bonchev–Trinajstić information content (AvgIpc) is 3.49. The van der Waals surface area contributed by atoms with Crippen LogP contribution in [-0.2, 0) is 32.0 Å². The number of Topliss-reactive ketones (excluding diaryl/α,β-unsaturated/α-hetero) is 1. The number of nitrogens with one attached hydrogen (secondary N) is 2. The van der Waals surface area contributed by atoms with Crippen LogP contribution in [0.3, 0.4) is 0 Å². The molecule has 240 valence electrons. The summed E-state index contributed by atoms with van der Waals surface area (Å²) < 4.78 is 103. The molecule has 0 saturated heterocycles. The number of benzene rings is 3. The van der Waals surface area contributed by atoms with Crippen LogP contribution in [0, 0.1) is 23.4 Å². The number of sulfone groups is 1. The van der Waals surface area contributed by atoms with Crippen LogP contribution in [0.5, 0.6) is 0 Å². The summed E-state index contributed by atoms with van der Waals surface area (Å²) >= 11 is 18.5. The van der Waals surface area contributed by atoms with Gasteiger partial charge >= 0.3 is 6.18 Å². The summed E-state index contributed by atoms with van der Waals surface area (Å²) in [6.45, 7) is 0. The molecule has 0 radical (unpaired) electrons. The van der Waals surface area contributed by atoms with Crippen LogP contribution >= 0.6 is 34.8 Å². The smallest absolute Gasteiger partial charge is 0.326 e. The van der Waals surface area contributed by atoms with Gasteiger partial charge in [-0.3, -0.25) is 14.4 Å². The lowest BCUT2D eigenvalue weighted by Gasteiger charge is -2.13.